The van der Waals surface area contributed by atoms with E-state index < -0.39 is 0 Å². The molecule has 31 heavy (non-hydrogen) atoms. The molecule has 2 heterocycles. The van der Waals surface area contributed by atoms with E-state index in [-0.39, 0.29) is 12.0 Å². The van der Waals surface area contributed by atoms with Crippen molar-refractivity contribution in [2.24, 2.45) is 0 Å². The van der Waals surface area contributed by atoms with E-state index in [1.165, 1.54) is 29.5 Å². The minimum Gasteiger partial charge on any atom is -0.465 e. The normalized spacial score (nSPS) is 18.4. The number of hydrogen-bond donors (Lipinski definition) is 0. The lowest BCUT2D eigenvalue weighted by atomic mass is 9.90. The summed E-state index contributed by atoms with van der Waals surface area (Å²) in [7, 11) is 1.44. The highest BCUT2D eigenvalue weighted by atomic mass is 16.5. The van der Waals surface area contributed by atoms with E-state index in [4.69, 9.17) is 4.74 Å². The average molecular weight is 413 g/mol. The molecule has 0 aliphatic carbocycles. The largest absolute Gasteiger partial charge is 0.465 e. The van der Waals surface area contributed by atoms with Gasteiger partial charge in [0, 0.05) is 31.4 Å². The number of benzene rings is 3. The molecule has 4 heteroatoms. The highest BCUT2D eigenvalue weighted by Crippen LogP contribution is 2.37. The summed E-state index contributed by atoms with van der Waals surface area (Å²) < 4.78 is 4.90. The van der Waals surface area contributed by atoms with Gasteiger partial charge in [-0.2, -0.15) is 0 Å². The second kappa shape index (κ2) is 8.56. The van der Waals surface area contributed by atoms with Crippen molar-refractivity contribution in [1.82, 2.24) is 4.90 Å². The van der Waals surface area contributed by atoms with Crippen LogP contribution >= 0.6 is 0 Å². The standard InChI is InChI=1S/C27H28N2O2/c1-31-27(30)23-13-15-25-22(18-23)12-14-24-19-28(16-17-29(24)25)26(20-8-4-2-5-9-20)21-10-6-3-7-11-21/h2-11,13,15,18,24,26H,12,14,16-17,19H2,1H3/t24-/m1/s1. The molecule has 0 aromatic heterocycles. The molecule has 3 aromatic carbocycles. The van der Waals surface area contributed by atoms with Gasteiger partial charge in [0.2, 0.25) is 0 Å². The van der Waals surface area contributed by atoms with Crippen molar-refractivity contribution in [3.8, 4) is 0 Å². The lowest BCUT2D eigenvalue weighted by Crippen LogP contribution is -2.55. The van der Waals surface area contributed by atoms with E-state index in [1.54, 1.807) is 0 Å². The lowest BCUT2D eigenvalue weighted by Gasteiger charge is -2.48. The van der Waals surface area contributed by atoms with Gasteiger partial charge in [-0.3, -0.25) is 4.90 Å². The summed E-state index contributed by atoms with van der Waals surface area (Å²) in [5, 5.41) is 0. The number of nitrogens with zero attached hydrogens (tertiary/aromatic N) is 2. The molecule has 3 aromatic rings. The molecular weight excluding hydrogens is 384 g/mol. The van der Waals surface area contributed by atoms with Gasteiger partial charge in [-0.15, -0.1) is 0 Å². The van der Waals surface area contributed by atoms with E-state index >= 15 is 0 Å². The molecule has 1 fully saturated rings. The van der Waals surface area contributed by atoms with E-state index in [1.807, 2.05) is 12.1 Å². The summed E-state index contributed by atoms with van der Waals surface area (Å²) in [6.07, 6.45) is 2.10. The number of esters is 1. The smallest absolute Gasteiger partial charge is 0.337 e. The Labute approximate surface area is 184 Å². The molecule has 1 atom stereocenters. The zero-order chi connectivity index (χ0) is 21.2. The number of rotatable bonds is 4. The van der Waals surface area contributed by atoms with Gasteiger partial charge in [-0.1, -0.05) is 60.7 Å². The number of aryl methyl sites for hydroxylation is 1. The van der Waals surface area contributed by atoms with Gasteiger partial charge in [0.25, 0.3) is 0 Å². The average Bonchev–Trinajstić information content (AvgIpc) is 2.84. The Balaban J connectivity index is 1.41. The molecular formula is C27H28N2O2. The number of carbonyl (C=O) groups is 1. The second-order valence-electron chi connectivity index (χ2n) is 8.44. The van der Waals surface area contributed by atoms with Gasteiger partial charge >= 0.3 is 5.97 Å². The highest BCUT2D eigenvalue weighted by Gasteiger charge is 2.35. The first-order valence-corrected chi connectivity index (χ1v) is 11.1. The number of piperazine rings is 1. The first-order valence-electron chi connectivity index (χ1n) is 11.1. The number of ether oxygens (including phenoxy) is 1. The third kappa shape index (κ3) is 3.84. The molecule has 0 saturated carbocycles. The predicted molar refractivity (Wildman–Crippen MR) is 124 cm³/mol. The molecule has 1 saturated heterocycles. The van der Waals surface area contributed by atoms with Crippen molar-refractivity contribution in [2.45, 2.75) is 24.9 Å². The van der Waals surface area contributed by atoms with Crippen molar-refractivity contribution in [2.75, 3.05) is 31.6 Å². The van der Waals surface area contributed by atoms with Crippen LogP contribution in [0.5, 0.6) is 0 Å². The third-order valence-electron chi connectivity index (χ3n) is 6.67. The van der Waals surface area contributed by atoms with Gasteiger partial charge < -0.3 is 9.64 Å². The predicted octanol–water partition coefficient (Wildman–Crippen LogP) is 4.70. The number of hydrogen-bond acceptors (Lipinski definition) is 4. The van der Waals surface area contributed by atoms with E-state index in [0.717, 1.165) is 32.5 Å². The van der Waals surface area contributed by atoms with Crippen molar-refractivity contribution in [3.05, 3.63) is 101 Å². The van der Waals surface area contributed by atoms with Crippen molar-refractivity contribution in [1.29, 1.82) is 0 Å². The molecule has 0 unspecified atom stereocenters. The third-order valence-corrected chi connectivity index (χ3v) is 6.67. The van der Waals surface area contributed by atoms with E-state index in [0.29, 0.717) is 11.6 Å². The van der Waals surface area contributed by atoms with E-state index in [9.17, 15) is 4.79 Å². The Morgan fingerprint density at radius 1 is 0.935 bits per heavy atom. The fraction of sp³-hybridized carbons (Fsp3) is 0.296. The summed E-state index contributed by atoms with van der Waals surface area (Å²) >= 11 is 0. The Hall–Kier alpha value is -3.11. The fourth-order valence-corrected chi connectivity index (χ4v) is 5.20. The fourth-order valence-electron chi connectivity index (χ4n) is 5.20. The van der Waals surface area contributed by atoms with Crippen LogP contribution in [0.3, 0.4) is 0 Å². The molecule has 0 spiro atoms. The van der Waals surface area contributed by atoms with Crippen molar-refractivity contribution in [3.63, 3.8) is 0 Å². The van der Waals surface area contributed by atoms with E-state index in [2.05, 4.69) is 76.5 Å². The summed E-state index contributed by atoms with van der Waals surface area (Å²) in [5.74, 6) is -0.261. The van der Waals surface area contributed by atoms with Crippen LogP contribution in [-0.2, 0) is 11.2 Å². The van der Waals surface area contributed by atoms with Crippen LogP contribution in [0.15, 0.2) is 78.9 Å². The molecule has 0 radical (unpaired) electrons. The molecule has 0 N–H and O–H groups in total. The minimum atomic E-state index is -0.261. The van der Waals surface area contributed by atoms with Crippen LogP contribution in [0.4, 0.5) is 5.69 Å². The molecule has 5 rings (SSSR count). The van der Waals surface area contributed by atoms with Gasteiger partial charge in [0.1, 0.15) is 0 Å². The number of carbonyl (C=O) groups excluding carboxylic acids is 1. The zero-order valence-electron chi connectivity index (χ0n) is 17.9. The van der Waals surface area contributed by atoms with Crippen LogP contribution in [-0.4, -0.2) is 43.7 Å². The van der Waals surface area contributed by atoms with Crippen LogP contribution < -0.4 is 4.90 Å². The number of methoxy groups -OCH3 is 1. The maximum atomic E-state index is 11.9. The maximum Gasteiger partial charge on any atom is 0.337 e. The first-order chi connectivity index (χ1) is 15.2. The molecule has 158 valence electrons. The summed E-state index contributed by atoms with van der Waals surface area (Å²) in [4.78, 5) is 17.1. The molecule has 4 nitrogen and oxygen atoms in total. The van der Waals surface area contributed by atoms with Crippen LogP contribution in [0.1, 0.15) is 39.5 Å². The Kier molecular flexibility index (Phi) is 5.47. The Morgan fingerprint density at radius 3 is 2.26 bits per heavy atom. The van der Waals surface area contributed by atoms with Gasteiger partial charge in [0.05, 0.1) is 18.7 Å². The van der Waals surface area contributed by atoms with Gasteiger partial charge in [-0.05, 0) is 47.7 Å². The Morgan fingerprint density at radius 2 is 1.61 bits per heavy atom. The van der Waals surface area contributed by atoms with Gasteiger partial charge in [-0.25, -0.2) is 4.79 Å². The SMILES string of the molecule is COC(=O)c1ccc2c(c1)CC[C@@H]1CN(C(c3ccccc3)c3ccccc3)CCN21. The summed E-state index contributed by atoms with van der Waals surface area (Å²) in [6, 6.07) is 28.5. The Bertz CT molecular complexity index is 1010. The minimum absolute atomic E-state index is 0.261. The molecule has 2 aliphatic rings. The topological polar surface area (TPSA) is 32.8 Å². The molecule has 0 bridgehead atoms. The maximum absolute atomic E-state index is 11.9. The van der Waals surface area contributed by atoms with Gasteiger partial charge in [0.15, 0.2) is 0 Å². The highest BCUT2D eigenvalue weighted by molar-refractivity contribution is 5.90. The molecule has 0 amide bonds. The first kappa shape index (κ1) is 19.8. The number of anilines is 1. The van der Waals surface area contributed by atoms with Crippen LogP contribution in [0.25, 0.3) is 0 Å². The van der Waals surface area contributed by atoms with Crippen molar-refractivity contribution >= 4 is 11.7 Å². The monoisotopic (exact) mass is 412 g/mol. The van der Waals surface area contributed by atoms with Crippen molar-refractivity contribution < 1.29 is 9.53 Å². The van der Waals surface area contributed by atoms with Crippen LogP contribution in [0.2, 0.25) is 0 Å². The van der Waals surface area contributed by atoms with Crippen LogP contribution in [0, 0.1) is 0 Å². The zero-order valence-corrected chi connectivity index (χ0v) is 17.9. The summed E-state index contributed by atoms with van der Waals surface area (Å²) in [5.41, 5.74) is 5.88. The number of fused-ring (bicyclic) bond motifs is 3. The summed E-state index contributed by atoms with van der Waals surface area (Å²) in [6.45, 7) is 3.03. The lowest BCUT2D eigenvalue weighted by molar-refractivity contribution is 0.0600. The molecule has 2 aliphatic heterocycles. The quantitative estimate of drug-likeness (QED) is 0.582. The second-order valence-corrected chi connectivity index (χ2v) is 8.44.